The highest BCUT2D eigenvalue weighted by Gasteiger charge is 2.35. The number of carbonyl (C=O) groups is 2. The lowest BCUT2D eigenvalue weighted by Crippen LogP contribution is -2.53. The van der Waals surface area contributed by atoms with Gasteiger partial charge in [0.2, 0.25) is 15.9 Å². The van der Waals surface area contributed by atoms with Crippen molar-refractivity contribution in [1.82, 2.24) is 19.9 Å². The van der Waals surface area contributed by atoms with Crippen LogP contribution >= 0.6 is 0 Å². The molecule has 9 heteroatoms. The average molecular weight is 382 g/mol. The number of aromatic nitrogens is 1. The van der Waals surface area contributed by atoms with E-state index in [1.54, 1.807) is 18.3 Å². The molecule has 1 atom stereocenters. The highest BCUT2D eigenvalue weighted by molar-refractivity contribution is 7.89. The molecule has 1 unspecified atom stereocenters. The second kappa shape index (κ2) is 9.63. The largest absolute Gasteiger partial charge is 0.353 e. The fraction of sp³-hybridized carbons (Fsp3) is 0.588. The molecule has 144 valence electrons. The van der Waals surface area contributed by atoms with Crippen LogP contribution in [-0.2, 0) is 14.8 Å². The third kappa shape index (κ3) is 5.50. The molecule has 2 N–H and O–H groups in total. The molecular formula is C17H26N4O4S. The first-order valence-electron chi connectivity index (χ1n) is 8.91. The second-order valence-corrected chi connectivity index (χ2v) is 8.27. The summed E-state index contributed by atoms with van der Waals surface area (Å²) in [6.45, 7) is 2.69. The van der Waals surface area contributed by atoms with Crippen LogP contribution in [0.25, 0.3) is 0 Å². The number of nitrogens with one attached hydrogen (secondary N) is 2. The van der Waals surface area contributed by atoms with E-state index >= 15 is 0 Å². The number of hydrogen-bond donors (Lipinski definition) is 2. The van der Waals surface area contributed by atoms with Gasteiger partial charge in [-0.05, 0) is 31.4 Å². The summed E-state index contributed by atoms with van der Waals surface area (Å²) in [5.74, 6) is -0.519. The summed E-state index contributed by atoms with van der Waals surface area (Å²) < 4.78 is 26.1. The Morgan fingerprint density at radius 2 is 2.04 bits per heavy atom. The van der Waals surface area contributed by atoms with Crippen LogP contribution in [0.3, 0.4) is 0 Å². The van der Waals surface area contributed by atoms with E-state index in [2.05, 4.69) is 15.6 Å². The Labute approximate surface area is 154 Å². The first kappa shape index (κ1) is 20.3. The van der Waals surface area contributed by atoms with Gasteiger partial charge in [-0.25, -0.2) is 8.42 Å². The summed E-state index contributed by atoms with van der Waals surface area (Å²) >= 11 is 0. The van der Waals surface area contributed by atoms with Crippen molar-refractivity contribution in [3.63, 3.8) is 0 Å². The van der Waals surface area contributed by atoms with E-state index in [4.69, 9.17) is 0 Å². The summed E-state index contributed by atoms with van der Waals surface area (Å²) in [7, 11) is -3.41. The number of carbonyl (C=O) groups excluding carboxylic acids is 2. The van der Waals surface area contributed by atoms with E-state index in [1.165, 1.54) is 10.5 Å². The number of pyridine rings is 1. The predicted molar refractivity (Wildman–Crippen MR) is 98.0 cm³/mol. The van der Waals surface area contributed by atoms with Crippen molar-refractivity contribution in [2.45, 2.75) is 38.6 Å². The maximum atomic E-state index is 12.4. The van der Waals surface area contributed by atoms with Crippen LogP contribution in [0.5, 0.6) is 0 Å². The zero-order valence-corrected chi connectivity index (χ0v) is 15.8. The molecule has 1 aliphatic heterocycles. The molecule has 0 aliphatic carbocycles. The van der Waals surface area contributed by atoms with Crippen LogP contribution in [0.2, 0.25) is 0 Å². The van der Waals surface area contributed by atoms with Gasteiger partial charge in [-0.15, -0.1) is 0 Å². The number of nitrogens with zero attached hydrogens (tertiary/aromatic N) is 2. The first-order chi connectivity index (χ1) is 12.5. The Morgan fingerprint density at radius 3 is 2.73 bits per heavy atom. The third-order valence-corrected chi connectivity index (χ3v) is 6.29. The lowest BCUT2D eigenvalue weighted by molar-refractivity contribution is -0.125. The summed E-state index contributed by atoms with van der Waals surface area (Å²) in [5.41, 5.74) is 0.447. The molecule has 1 aromatic rings. The number of rotatable bonds is 8. The standard InChI is InChI=1S/C17H26N4O4S/c1-2-12-26(24,25)21-11-4-3-7-15(21)17(23)20-10-9-19-16(22)14-6-5-8-18-13-14/h5-6,8,13,15H,2-4,7,9-12H2,1H3,(H,19,22)(H,20,23). The molecule has 1 saturated heterocycles. The van der Waals surface area contributed by atoms with Crippen molar-refractivity contribution >= 4 is 21.8 Å². The monoisotopic (exact) mass is 382 g/mol. The SMILES string of the molecule is CCCS(=O)(=O)N1CCCCC1C(=O)NCCNC(=O)c1cccnc1. The van der Waals surface area contributed by atoms with Gasteiger partial charge in [-0.2, -0.15) is 4.31 Å². The molecule has 1 aromatic heterocycles. The van der Waals surface area contributed by atoms with E-state index in [0.717, 1.165) is 12.8 Å². The Morgan fingerprint density at radius 1 is 1.27 bits per heavy atom. The Balaban J connectivity index is 1.83. The van der Waals surface area contributed by atoms with E-state index in [9.17, 15) is 18.0 Å². The van der Waals surface area contributed by atoms with Crippen molar-refractivity contribution in [3.05, 3.63) is 30.1 Å². The molecule has 2 amide bonds. The highest BCUT2D eigenvalue weighted by Crippen LogP contribution is 2.21. The smallest absolute Gasteiger partial charge is 0.252 e. The molecule has 0 aromatic carbocycles. The lowest BCUT2D eigenvalue weighted by atomic mass is 10.0. The van der Waals surface area contributed by atoms with Gasteiger partial charge < -0.3 is 10.6 Å². The summed E-state index contributed by atoms with van der Waals surface area (Å²) in [6, 6.07) is 2.67. The number of piperidine rings is 1. The molecule has 1 aliphatic rings. The normalized spacial score (nSPS) is 18.3. The van der Waals surface area contributed by atoms with Crippen LogP contribution in [0.1, 0.15) is 43.0 Å². The van der Waals surface area contributed by atoms with Crippen molar-refractivity contribution in [1.29, 1.82) is 0 Å². The maximum absolute atomic E-state index is 12.4. The van der Waals surface area contributed by atoms with Crippen LogP contribution < -0.4 is 10.6 Å². The lowest BCUT2D eigenvalue weighted by Gasteiger charge is -2.33. The minimum atomic E-state index is -3.41. The van der Waals surface area contributed by atoms with Crippen molar-refractivity contribution in [2.75, 3.05) is 25.4 Å². The summed E-state index contributed by atoms with van der Waals surface area (Å²) in [4.78, 5) is 28.2. The van der Waals surface area contributed by atoms with Gasteiger partial charge in [0.25, 0.3) is 5.91 Å². The Hall–Kier alpha value is -2.00. The molecular weight excluding hydrogens is 356 g/mol. The average Bonchev–Trinajstić information content (AvgIpc) is 2.65. The van der Waals surface area contributed by atoms with Crippen LogP contribution in [0.15, 0.2) is 24.5 Å². The third-order valence-electron chi connectivity index (χ3n) is 4.21. The van der Waals surface area contributed by atoms with Crippen molar-refractivity contribution in [3.8, 4) is 0 Å². The molecule has 0 spiro atoms. The van der Waals surface area contributed by atoms with Crippen LogP contribution in [-0.4, -0.2) is 61.0 Å². The minimum absolute atomic E-state index is 0.0535. The predicted octanol–water partition coefficient (Wildman–Crippen LogP) is 0.522. The topological polar surface area (TPSA) is 108 Å². The summed E-state index contributed by atoms with van der Waals surface area (Å²) in [6.07, 6.45) is 5.69. The molecule has 2 rings (SSSR count). The van der Waals surface area contributed by atoms with Crippen molar-refractivity contribution < 1.29 is 18.0 Å². The fourth-order valence-corrected chi connectivity index (χ4v) is 4.70. The highest BCUT2D eigenvalue weighted by atomic mass is 32.2. The molecule has 8 nitrogen and oxygen atoms in total. The zero-order valence-electron chi connectivity index (χ0n) is 15.0. The van der Waals surface area contributed by atoms with Gasteiger partial charge in [0.05, 0.1) is 11.3 Å². The first-order valence-corrected chi connectivity index (χ1v) is 10.5. The maximum Gasteiger partial charge on any atom is 0.252 e. The van der Waals surface area contributed by atoms with E-state index in [0.29, 0.717) is 24.9 Å². The van der Waals surface area contributed by atoms with E-state index in [-0.39, 0.29) is 30.7 Å². The molecule has 0 bridgehead atoms. The second-order valence-electron chi connectivity index (χ2n) is 6.23. The molecule has 0 saturated carbocycles. The van der Waals surface area contributed by atoms with Gasteiger partial charge in [-0.1, -0.05) is 13.3 Å². The van der Waals surface area contributed by atoms with Crippen LogP contribution in [0, 0.1) is 0 Å². The van der Waals surface area contributed by atoms with Gasteiger partial charge in [0.1, 0.15) is 6.04 Å². The van der Waals surface area contributed by atoms with E-state index < -0.39 is 16.1 Å². The van der Waals surface area contributed by atoms with Crippen LogP contribution in [0.4, 0.5) is 0 Å². The van der Waals surface area contributed by atoms with E-state index in [1.807, 2.05) is 6.92 Å². The molecule has 1 fully saturated rings. The Kier molecular flexibility index (Phi) is 7.52. The molecule has 26 heavy (non-hydrogen) atoms. The number of hydrogen-bond acceptors (Lipinski definition) is 5. The van der Waals surface area contributed by atoms with Gasteiger partial charge in [0, 0.05) is 32.0 Å². The zero-order chi connectivity index (χ0) is 19.0. The Bertz CT molecular complexity index is 709. The molecule has 0 radical (unpaired) electrons. The summed E-state index contributed by atoms with van der Waals surface area (Å²) in [5, 5.41) is 5.42. The number of sulfonamides is 1. The minimum Gasteiger partial charge on any atom is -0.353 e. The number of amides is 2. The van der Waals surface area contributed by atoms with Gasteiger partial charge in [0.15, 0.2) is 0 Å². The molecule has 2 heterocycles. The van der Waals surface area contributed by atoms with Crippen molar-refractivity contribution in [2.24, 2.45) is 0 Å². The fourth-order valence-electron chi connectivity index (χ4n) is 2.95. The quantitative estimate of drug-likeness (QED) is 0.637. The van der Waals surface area contributed by atoms with Gasteiger partial charge >= 0.3 is 0 Å². The van der Waals surface area contributed by atoms with Gasteiger partial charge in [-0.3, -0.25) is 14.6 Å².